The normalized spacial score (nSPS) is 10.9. The highest BCUT2D eigenvalue weighted by Gasteiger charge is 2.04. The highest BCUT2D eigenvalue weighted by molar-refractivity contribution is 5.66. The van der Waals surface area contributed by atoms with Crippen molar-refractivity contribution in [2.24, 2.45) is 0 Å². The fraction of sp³-hybridized carbons (Fsp3) is 0.333. The zero-order valence-corrected chi connectivity index (χ0v) is 9.56. The van der Waals surface area contributed by atoms with E-state index in [-0.39, 0.29) is 12.0 Å². The number of hydrogen-bond donors (Lipinski definition) is 2. The van der Waals surface area contributed by atoms with E-state index in [2.05, 4.69) is 4.98 Å². The number of carboxylic acid groups (broad SMARTS) is 1. The number of nitrogens with zero attached hydrogens (tertiary/aromatic N) is 1. The maximum atomic E-state index is 11.7. The largest absolute Gasteiger partial charge is 0.481 e. The number of aliphatic carboxylic acids is 1. The summed E-state index contributed by atoms with van der Waals surface area (Å²) in [5.74, 6) is -0.815. The second-order valence-electron chi connectivity index (χ2n) is 4.17. The molecule has 5 nitrogen and oxygen atoms in total. The van der Waals surface area contributed by atoms with Gasteiger partial charge in [-0.25, -0.2) is 0 Å². The Morgan fingerprint density at radius 3 is 2.94 bits per heavy atom. The van der Waals surface area contributed by atoms with Gasteiger partial charge >= 0.3 is 5.97 Å². The summed E-state index contributed by atoms with van der Waals surface area (Å²) in [5, 5.41) is 8.54. The van der Waals surface area contributed by atoms with Crippen molar-refractivity contribution in [3.63, 3.8) is 0 Å². The van der Waals surface area contributed by atoms with Crippen LogP contribution in [0.3, 0.4) is 0 Å². The molecule has 2 aromatic rings. The number of H-pyrrole nitrogens is 1. The minimum Gasteiger partial charge on any atom is -0.481 e. The van der Waals surface area contributed by atoms with Gasteiger partial charge in [-0.05, 0) is 31.4 Å². The van der Waals surface area contributed by atoms with Crippen molar-refractivity contribution in [3.8, 4) is 0 Å². The quantitative estimate of drug-likeness (QED) is 0.838. The fourth-order valence-corrected chi connectivity index (χ4v) is 1.87. The lowest BCUT2D eigenvalue weighted by atomic mass is 10.2. The number of carbonyl (C=O) groups is 1. The maximum absolute atomic E-state index is 11.7. The summed E-state index contributed by atoms with van der Waals surface area (Å²) < 4.78 is 1.78. The predicted molar refractivity (Wildman–Crippen MR) is 63.3 cm³/mol. The Balaban J connectivity index is 2.24. The average Bonchev–Trinajstić information content (AvgIpc) is 2.58. The van der Waals surface area contributed by atoms with Crippen LogP contribution in [0.1, 0.15) is 24.1 Å². The van der Waals surface area contributed by atoms with Gasteiger partial charge in [0, 0.05) is 24.5 Å². The maximum Gasteiger partial charge on any atom is 0.303 e. The molecule has 0 spiro atoms. The average molecular weight is 234 g/mol. The number of nitrogens with one attached hydrogen (secondary N) is 1. The number of hydrogen-bond acceptors (Lipinski definition) is 2. The molecule has 2 heterocycles. The summed E-state index contributed by atoms with van der Waals surface area (Å²) in [4.78, 5) is 24.9. The van der Waals surface area contributed by atoms with E-state index in [0.29, 0.717) is 18.4 Å². The van der Waals surface area contributed by atoms with Crippen molar-refractivity contribution < 1.29 is 9.90 Å². The molecule has 0 aliphatic carbocycles. The van der Waals surface area contributed by atoms with Crippen molar-refractivity contribution >= 4 is 11.5 Å². The lowest BCUT2D eigenvalue weighted by Gasteiger charge is -2.01. The Labute approximate surface area is 97.7 Å². The summed E-state index contributed by atoms with van der Waals surface area (Å²) in [6, 6.07) is 1.82. The van der Waals surface area contributed by atoms with Gasteiger partial charge in [-0.15, -0.1) is 0 Å². The van der Waals surface area contributed by atoms with Gasteiger partial charge in [0.1, 0.15) is 5.52 Å². The molecule has 2 rings (SSSR count). The van der Waals surface area contributed by atoms with E-state index in [9.17, 15) is 9.59 Å². The summed E-state index contributed by atoms with van der Waals surface area (Å²) >= 11 is 0. The smallest absolute Gasteiger partial charge is 0.303 e. The van der Waals surface area contributed by atoms with E-state index in [0.717, 1.165) is 11.3 Å². The van der Waals surface area contributed by atoms with Crippen LogP contribution >= 0.6 is 0 Å². The molecule has 0 amide bonds. The zero-order chi connectivity index (χ0) is 12.4. The van der Waals surface area contributed by atoms with Crippen molar-refractivity contribution in [2.75, 3.05) is 0 Å². The summed E-state index contributed by atoms with van der Waals surface area (Å²) in [6.07, 6.45) is 4.92. The first-order valence-electron chi connectivity index (χ1n) is 5.48. The molecule has 0 saturated heterocycles. The van der Waals surface area contributed by atoms with E-state index in [1.165, 1.54) is 0 Å². The molecule has 5 heteroatoms. The first-order chi connectivity index (χ1) is 8.06. The Morgan fingerprint density at radius 2 is 2.24 bits per heavy atom. The number of aromatic nitrogens is 2. The third-order valence-corrected chi connectivity index (χ3v) is 2.62. The van der Waals surface area contributed by atoms with Gasteiger partial charge in [0.25, 0.3) is 5.56 Å². The fourth-order valence-electron chi connectivity index (χ4n) is 1.87. The number of aryl methyl sites for hydroxylation is 2. The zero-order valence-electron chi connectivity index (χ0n) is 9.56. The molecule has 2 N–H and O–H groups in total. The first-order valence-corrected chi connectivity index (χ1v) is 5.48. The van der Waals surface area contributed by atoms with E-state index in [1.807, 2.05) is 25.4 Å². The van der Waals surface area contributed by atoms with E-state index < -0.39 is 5.97 Å². The molecule has 0 fully saturated rings. The highest BCUT2D eigenvalue weighted by atomic mass is 16.4. The van der Waals surface area contributed by atoms with Gasteiger partial charge in [-0.1, -0.05) is 0 Å². The van der Waals surface area contributed by atoms with Gasteiger partial charge in [0.05, 0.1) is 0 Å². The standard InChI is InChI=1S/C12H14N2O3/c1-8-5-10-12(17)13-9(7-14(10)6-8)3-2-4-11(15)16/h5-7H,2-4H2,1H3,(H,13,17)(H,15,16). The van der Waals surface area contributed by atoms with Crippen LogP contribution in [0.2, 0.25) is 0 Å². The lowest BCUT2D eigenvalue weighted by Crippen LogP contribution is -2.12. The van der Waals surface area contributed by atoms with Crippen LogP contribution in [0, 0.1) is 6.92 Å². The van der Waals surface area contributed by atoms with E-state index in [4.69, 9.17) is 5.11 Å². The Kier molecular flexibility index (Phi) is 2.99. The van der Waals surface area contributed by atoms with E-state index in [1.54, 1.807) is 4.40 Å². The molecule has 0 radical (unpaired) electrons. The predicted octanol–water partition coefficient (Wildman–Crippen LogP) is 1.34. The number of fused-ring (bicyclic) bond motifs is 1. The molecule has 0 aromatic carbocycles. The second kappa shape index (κ2) is 4.45. The highest BCUT2D eigenvalue weighted by Crippen LogP contribution is 2.07. The van der Waals surface area contributed by atoms with E-state index >= 15 is 0 Å². The van der Waals surface area contributed by atoms with Crippen LogP contribution < -0.4 is 5.56 Å². The molecule has 90 valence electrons. The molecule has 0 bridgehead atoms. The van der Waals surface area contributed by atoms with Crippen molar-refractivity contribution in [3.05, 3.63) is 40.1 Å². The van der Waals surface area contributed by atoms with Gasteiger partial charge < -0.3 is 14.5 Å². The number of aromatic amines is 1. The molecule has 0 saturated carbocycles. The van der Waals surface area contributed by atoms with Gasteiger partial charge in [-0.2, -0.15) is 0 Å². The molecule has 0 aliphatic rings. The van der Waals surface area contributed by atoms with Crippen LogP contribution in [0.15, 0.2) is 23.3 Å². The topological polar surface area (TPSA) is 74.6 Å². The van der Waals surface area contributed by atoms with Gasteiger partial charge in [0.2, 0.25) is 0 Å². The molecule has 0 atom stereocenters. The minimum absolute atomic E-state index is 0.116. The van der Waals surface area contributed by atoms with Crippen LogP contribution in [0.25, 0.3) is 5.52 Å². The summed E-state index contributed by atoms with van der Waals surface area (Å²) in [7, 11) is 0. The van der Waals surface area contributed by atoms with Crippen LogP contribution in [0.5, 0.6) is 0 Å². The van der Waals surface area contributed by atoms with Crippen LogP contribution in [-0.4, -0.2) is 20.5 Å². The molecular weight excluding hydrogens is 220 g/mol. The molecule has 2 aromatic heterocycles. The summed E-state index contributed by atoms with van der Waals surface area (Å²) in [5.41, 5.74) is 2.27. The van der Waals surface area contributed by atoms with Gasteiger partial charge in [-0.3, -0.25) is 9.59 Å². The molecule has 17 heavy (non-hydrogen) atoms. The third kappa shape index (κ3) is 2.55. The number of rotatable bonds is 4. The van der Waals surface area contributed by atoms with Crippen molar-refractivity contribution in [1.82, 2.24) is 9.38 Å². The minimum atomic E-state index is -0.815. The van der Waals surface area contributed by atoms with Crippen molar-refractivity contribution in [1.29, 1.82) is 0 Å². The van der Waals surface area contributed by atoms with Gasteiger partial charge in [0.15, 0.2) is 0 Å². The first kappa shape index (κ1) is 11.4. The number of carboxylic acids is 1. The second-order valence-corrected chi connectivity index (χ2v) is 4.17. The third-order valence-electron chi connectivity index (χ3n) is 2.62. The molecule has 0 aliphatic heterocycles. The SMILES string of the molecule is Cc1cc2c(=O)[nH]c(CCCC(=O)O)cn2c1. The lowest BCUT2D eigenvalue weighted by molar-refractivity contribution is -0.137. The summed E-state index contributed by atoms with van der Waals surface area (Å²) in [6.45, 7) is 1.93. The van der Waals surface area contributed by atoms with Crippen LogP contribution in [0.4, 0.5) is 0 Å². The molecular formula is C12H14N2O3. The Morgan fingerprint density at radius 1 is 1.47 bits per heavy atom. The van der Waals surface area contributed by atoms with Crippen molar-refractivity contribution in [2.45, 2.75) is 26.2 Å². The monoisotopic (exact) mass is 234 g/mol. The Bertz CT molecular complexity index is 610. The van der Waals surface area contributed by atoms with Crippen LogP contribution in [-0.2, 0) is 11.2 Å². The molecule has 0 unspecified atom stereocenters. The Hall–Kier alpha value is -2.04.